The van der Waals surface area contributed by atoms with Crippen molar-refractivity contribution in [1.82, 2.24) is 14.7 Å². The number of aryl methyl sites for hydroxylation is 1. The van der Waals surface area contributed by atoms with Crippen LogP contribution in [0.1, 0.15) is 17.7 Å². The van der Waals surface area contributed by atoms with Crippen LogP contribution in [0, 0.1) is 0 Å². The summed E-state index contributed by atoms with van der Waals surface area (Å²) in [6.45, 7) is 2.34. The van der Waals surface area contributed by atoms with Gasteiger partial charge in [0.15, 0.2) is 0 Å². The van der Waals surface area contributed by atoms with E-state index in [-0.39, 0.29) is 5.91 Å². The van der Waals surface area contributed by atoms with Gasteiger partial charge in [-0.05, 0) is 46.3 Å². The SMILES string of the molecule is O=C(Cc1ccsc1)N1CCCn2nc(-c3cccs3)cc2C1. The maximum absolute atomic E-state index is 12.6. The highest BCUT2D eigenvalue weighted by Gasteiger charge is 2.21. The van der Waals surface area contributed by atoms with Crippen molar-refractivity contribution in [2.24, 2.45) is 0 Å². The lowest BCUT2D eigenvalue weighted by Gasteiger charge is -2.19. The third-order valence-electron chi connectivity index (χ3n) is 4.08. The molecule has 0 bridgehead atoms. The van der Waals surface area contributed by atoms with E-state index < -0.39 is 0 Å². The lowest BCUT2D eigenvalue weighted by molar-refractivity contribution is -0.131. The summed E-state index contributed by atoms with van der Waals surface area (Å²) in [5.41, 5.74) is 3.25. The highest BCUT2D eigenvalue weighted by molar-refractivity contribution is 7.13. The lowest BCUT2D eigenvalue weighted by Crippen LogP contribution is -2.31. The number of hydrogen-bond donors (Lipinski definition) is 0. The van der Waals surface area contributed by atoms with Crippen molar-refractivity contribution in [3.8, 4) is 10.6 Å². The number of hydrogen-bond acceptors (Lipinski definition) is 4. The van der Waals surface area contributed by atoms with Crippen LogP contribution in [0.2, 0.25) is 0 Å². The molecule has 3 aromatic rings. The summed E-state index contributed by atoms with van der Waals surface area (Å²) in [6.07, 6.45) is 1.45. The van der Waals surface area contributed by atoms with E-state index in [1.54, 1.807) is 22.7 Å². The maximum atomic E-state index is 12.6. The maximum Gasteiger partial charge on any atom is 0.227 e. The first-order valence-electron chi connectivity index (χ1n) is 7.69. The molecule has 4 rings (SSSR count). The minimum absolute atomic E-state index is 0.204. The molecule has 0 atom stereocenters. The molecule has 0 saturated heterocycles. The van der Waals surface area contributed by atoms with Gasteiger partial charge in [-0.2, -0.15) is 16.4 Å². The predicted octanol–water partition coefficient (Wildman–Crippen LogP) is 3.65. The van der Waals surface area contributed by atoms with Crippen molar-refractivity contribution >= 4 is 28.6 Å². The van der Waals surface area contributed by atoms with Crippen LogP contribution in [-0.4, -0.2) is 27.1 Å². The van der Waals surface area contributed by atoms with Gasteiger partial charge in [0.2, 0.25) is 5.91 Å². The van der Waals surface area contributed by atoms with Crippen LogP contribution in [0.15, 0.2) is 40.4 Å². The number of aromatic nitrogens is 2. The average Bonchev–Trinajstić information content (AvgIpc) is 3.27. The number of rotatable bonds is 3. The summed E-state index contributed by atoms with van der Waals surface area (Å²) in [6, 6.07) is 8.29. The molecule has 0 aliphatic carbocycles. The highest BCUT2D eigenvalue weighted by atomic mass is 32.1. The first-order valence-corrected chi connectivity index (χ1v) is 9.51. The van der Waals surface area contributed by atoms with Crippen LogP contribution < -0.4 is 0 Å². The van der Waals surface area contributed by atoms with Gasteiger partial charge in [0, 0.05) is 13.1 Å². The van der Waals surface area contributed by atoms with E-state index >= 15 is 0 Å². The zero-order valence-electron chi connectivity index (χ0n) is 12.6. The molecule has 0 aromatic carbocycles. The summed E-state index contributed by atoms with van der Waals surface area (Å²) >= 11 is 3.34. The van der Waals surface area contributed by atoms with Crippen LogP contribution in [0.3, 0.4) is 0 Å². The van der Waals surface area contributed by atoms with E-state index in [0.29, 0.717) is 13.0 Å². The van der Waals surface area contributed by atoms with Crippen LogP contribution in [0.25, 0.3) is 10.6 Å². The Hall–Kier alpha value is -1.92. The van der Waals surface area contributed by atoms with Crippen molar-refractivity contribution in [3.05, 3.63) is 51.7 Å². The normalized spacial score (nSPS) is 14.5. The predicted molar refractivity (Wildman–Crippen MR) is 93.6 cm³/mol. The van der Waals surface area contributed by atoms with E-state index in [0.717, 1.165) is 36.5 Å². The van der Waals surface area contributed by atoms with E-state index in [4.69, 9.17) is 5.10 Å². The van der Waals surface area contributed by atoms with Gasteiger partial charge < -0.3 is 4.90 Å². The molecular formula is C17H17N3OS2. The second-order valence-corrected chi connectivity index (χ2v) is 7.43. The highest BCUT2D eigenvalue weighted by Crippen LogP contribution is 2.26. The molecule has 1 amide bonds. The summed E-state index contributed by atoms with van der Waals surface area (Å²) in [5, 5.41) is 10.9. The van der Waals surface area contributed by atoms with Crippen LogP contribution in [0.4, 0.5) is 0 Å². The average molecular weight is 343 g/mol. The largest absolute Gasteiger partial charge is 0.336 e. The molecule has 0 radical (unpaired) electrons. The molecule has 4 nitrogen and oxygen atoms in total. The van der Waals surface area contributed by atoms with Crippen molar-refractivity contribution in [2.75, 3.05) is 6.54 Å². The van der Waals surface area contributed by atoms with E-state index in [9.17, 15) is 4.79 Å². The number of thiophene rings is 2. The lowest BCUT2D eigenvalue weighted by atomic mass is 10.2. The second kappa shape index (κ2) is 6.29. The van der Waals surface area contributed by atoms with Gasteiger partial charge in [0.05, 0.1) is 23.5 Å². The zero-order chi connectivity index (χ0) is 15.6. The summed E-state index contributed by atoms with van der Waals surface area (Å²) < 4.78 is 2.06. The Balaban J connectivity index is 1.53. The van der Waals surface area contributed by atoms with E-state index in [1.165, 1.54) is 4.88 Å². The molecule has 4 heterocycles. The Kier molecular flexibility index (Phi) is 4.01. The van der Waals surface area contributed by atoms with Gasteiger partial charge in [0.25, 0.3) is 0 Å². The van der Waals surface area contributed by atoms with Gasteiger partial charge in [-0.1, -0.05) is 6.07 Å². The number of fused-ring (bicyclic) bond motifs is 1. The standard InChI is InChI=1S/C17H17N3OS2/c21-17(9-13-4-8-22-12-13)19-5-2-6-20-14(11-19)10-15(18-20)16-3-1-7-23-16/h1,3-4,7-8,10,12H,2,5-6,9,11H2. The monoisotopic (exact) mass is 343 g/mol. The van der Waals surface area contributed by atoms with E-state index in [1.807, 2.05) is 22.4 Å². The first kappa shape index (κ1) is 14.7. The Morgan fingerprint density at radius 2 is 2.22 bits per heavy atom. The van der Waals surface area contributed by atoms with Crippen LogP contribution in [0.5, 0.6) is 0 Å². The number of carbonyl (C=O) groups excluding carboxylic acids is 1. The second-order valence-electron chi connectivity index (χ2n) is 5.70. The Morgan fingerprint density at radius 3 is 3.00 bits per heavy atom. The number of nitrogens with zero attached hydrogens (tertiary/aromatic N) is 3. The zero-order valence-corrected chi connectivity index (χ0v) is 14.3. The summed E-state index contributed by atoms with van der Waals surface area (Å²) in [7, 11) is 0. The molecular weight excluding hydrogens is 326 g/mol. The number of carbonyl (C=O) groups is 1. The molecule has 0 N–H and O–H groups in total. The van der Waals surface area contributed by atoms with Crippen molar-refractivity contribution in [2.45, 2.75) is 25.9 Å². The third-order valence-corrected chi connectivity index (χ3v) is 5.70. The fourth-order valence-corrected chi connectivity index (χ4v) is 4.25. The van der Waals surface area contributed by atoms with Crippen molar-refractivity contribution in [1.29, 1.82) is 0 Å². The topological polar surface area (TPSA) is 38.1 Å². The Bertz CT molecular complexity index is 790. The molecule has 23 heavy (non-hydrogen) atoms. The Labute approximate surface area is 143 Å². The fourth-order valence-electron chi connectivity index (χ4n) is 2.90. The van der Waals surface area contributed by atoms with Crippen molar-refractivity contribution < 1.29 is 4.79 Å². The molecule has 118 valence electrons. The molecule has 1 aliphatic rings. The van der Waals surface area contributed by atoms with Gasteiger partial charge in [0.1, 0.15) is 5.69 Å². The van der Waals surface area contributed by atoms with Crippen LogP contribution >= 0.6 is 22.7 Å². The van der Waals surface area contributed by atoms with Gasteiger partial charge in [-0.15, -0.1) is 11.3 Å². The molecule has 0 saturated carbocycles. The summed E-state index contributed by atoms with van der Waals surface area (Å²) in [4.78, 5) is 15.7. The third kappa shape index (κ3) is 3.09. The number of amides is 1. The summed E-state index contributed by atoms with van der Waals surface area (Å²) in [5.74, 6) is 0.204. The van der Waals surface area contributed by atoms with Crippen LogP contribution in [-0.2, 0) is 24.3 Å². The van der Waals surface area contributed by atoms with Crippen molar-refractivity contribution in [3.63, 3.8) is 0 Å². The molecule has 0 spiro atoms. The quantitative estimate of drug-likeness (QED) is 0.728. The Morgan fingerprint density at radius 1 is 1.26 bits per heavy atom. The van der Waals surface area contributed by atoms with E-state index in [2.05, 4.69) is 27.6 Å². The first-order chi connectivity index (χ1) is 11.3. The molecule has 6 heteroatoms. The van der Waals surface area contributed by atoms with Gasteiger partial charge in [-0.25, -0.2) is 0 Å². The molecule has 3 aromatic heterocycles. The minimum atomic E-state index is 0.204. The fraction of sp³-hybridized carbons (Fsp3) is 0.294. The smallest absolute Gasteiger partial charge is 0.227 e. The van der Waals surface area contributed by atoms with Gasteiger partial charge in [-0.3, -0.25) is 9.48 Å². The van der Waals surface area contributed by atoms with Gasteiger partial charge >= 0.3 is 0 Å². The molecule has 1 aliphatic heterocycles. The minimum Gasteiger partial charge on any atom is -0.336 e. The molecule has 0 fully saturated rings. The molecule has 0 unspecified atom stereocenters.